The molecule has 0 bridgehead atoms. The second kappa shape index (κ2) is 7.15. The number of rotatable bonds is 5. The summed E-state index contributed by atoms with van der Waals surface area (Å²) in [5.74, 6) is -4.01. The van der Waals surface area contributed by atoms with Gasteiger partial charge in [-0.25, -0.2) is 12.8 Å². The van der Waals surface area contributed by atoms with E-state index in [2.05, 4.69) is 4.98 Å². The average Bonchev–Trinajstić information content (AvgIpc) is 3.06. The van der Waals surface area contributed by atoms with Crippen molar-refractivity contribution in [3.8, 4) is 17.1 Å². The minimum absolute atomic E-state index is 0.147. The second-order valence-electron chi connectivity index (χ2n) is 5.46. The van der Waals surface area contributed by atoms with Crippen LogP contribution in [-0.2, 0) is 16.2 Å². The molecule has 0 fully saturated rings. The van der Waals surface area contributed by atoms with Crippen LogP contribution in [0.2, 0.25) is 0 Å². The summed E-state index contributed by atoms with van der Waals surface area (Å²) in [6, 6.07) is 10.2. The van der Waals surface area contributed by atoms with Crippen LogP contribution in [0.5, 0.6) is 5.75 Å². The molecule has 0 radical (unpaired) electrons. The van der Waals surface area contributed by atoms with Crippen LogP contribution >= 0.6 is 0 Å². The summed E-state index contributed by atoms with van der Waals surface area (Å²) in [5, 5.41) is 0. The van der Waals surface area contributed by atoms with E-state index < -0.39 is 39.5 Å². The molecular formula is C17H12F4N2O4S. The predicted octanol–water partition coefficient (Wildman–Crippen LogP) is 4.31. The minimum Gasteiger partial charge on any atom is -0.494 e. The highest BCUT2D eigenvalue weighted by atomic mass is 32.2. The van der Waals surface area contributed by atoms with E-state index in [4.69, 9.17) is 9.15 Å². The minimum atomic E-state index is -4.98. The van der Waals surface area contributed by atoms with Crippen molar-refractivity contribution >= 4 is 15.8 Å². The van der Waals surface area contributed by atoms with Crippen LogP contribution < -0.4 is 9.46 Å². The van der Waals surface area contributed by atoms with Gasteiger partial charge in [0, 0.05) is 5.56 Å². The van der Waals surface area contributed by atoms with Crippen LogP contribution in [0.1, 0.15) is 5.89 Å². The number of aromatic nitrogens is 1. The van der Waals surface area contributed by atoms with Gasteiger partial charge in [-0.1, -0.05) is 18.2 Å². The molecule has 0 aliphatic heterocycles. The van der Waals surface area contributed by atoms with E-state index in [1.807, 2.05) is 4.72 Å². The van der Waals surface area contributed by atoms with Crippen LogP contribution in [0.4, 0.5) is 23.4 Å². The molecular weight excluding hydrogens is 404 g/mol. The Morgan fingerprint density at radius 2 is 1.79 bits per heavy atom. The van der Waals surface area contributed by atoms with Crippen LogP contribution in [0.25, 0.3) is 11.3 Å². The molecule has 11 heteroatoms. The monoisotopic (exact) mass is 416 g/mol. The lowest BCUT2D eigenvalue weighted by Crippen LogP contribution is -2.14. The highest BCUT2D eigenvalue weighted by Gasteiger charge is 2.39. The summed E-state index contributed by atoms with van der Waals surface area (Å²) in [4.78, 5) is 3.01. The molecule has 1 heterocycles. The van der Waals surface area contributed by atoms with Gasteiger partial charge in [0.15, 0.2) is 23.1 Å². The summed E-state index contributed by atoms with van der Waals surface area (Å²) < 4.78 is 89.3. The maximum atomic E-state index is 14.0. The van der Waals surface area contributed by atoms with Crippen LogP contribution in [0.3, 0.4) is 0 Å². The predicted molar refractivity (Wildman–Crippen MR) is 90.7 cm³/mol. The molecule has 1 N–H and O–H groups in total. The quantitative estimate of drug-likeness (QED) is 0.627. The number of nitrogens with zero attached hydrogens (tertiary/aromatic N) is 1. The van der Waals surface area contributed by atoms with Crippen molar-refractivity contribution in [1.82, 2.24) is 4.98 Å². The van der Waals surface area contributed by atoms with Gasteiger partial charge < -0.3 is 9.15 Å². The fourth-order valence-corrected chi connectivity index (χ4v) is 3.33. The third-order valence-corrected chi connectivity index (χ3v) is 4.92. The number of halogens is 4. The van der Waals surface area contributed by atoms with E-state index in [0.717, 1.165) is 12.1 Å². The van der Waals surface area contributed by atoms with Crippen molar-refractivity contribution < 1.29 is 35.1 Å². The number of ether oxygens (including phenoxy) is 1. The zero-order valence-corrected chi connectivity index (χ0v) is 14.9. The summed E-state index contributed by atoms with van der Waals surface area (Å²) >= 11 is 0. The Morgan fingerprint density at radius 3 is 2.36 bits per heavy atom. The van der Waals surface area contributed by atoms with E-state index >= 15 is 0 Å². The van der Waals surface area contributed by atoms with Crippen LogP contribution in [0.15, 0.2) is 57.8 Å². The van der Waals surface area contributed by atoms with Gasteiger partial charge >= 0.3 is 12.1 Å². The van der Waals surface area contributed by atoms with Crippen molar-refractivity contribution in [2.24, 2.45) is 0 Å². The third-order valence-electron chi connectivity index (χ3n) is 3.57. The molecule has 28 heavy (non-hydrogen) atoms. The van der Waals surface area contributed by atoms with Gasteiger partial charge in [-0.2, -0.15) is 18.2 Å². The van der Waals surface area contributed by atoms with Crippen molar-refractivity contribution in [2.45, 2.75) is 11.1 Å². The lowest BCUT2D eigenvalue weighted by molar-refractivity contribution is -0.156. The summed E-state index contributed by atoms with van der Waals surface area (Å²) in [6.45, 7) is 0. The number of alkyl halides is 3. The topological polar surface area (TPSA) is 81.4 Å². The molecule has 3 aromatic rings. The van der Waals surface area contributed by atoms with E-state index in [1.165, 1.54) is 37.4 Å². The molecule has 0 aliphatic carbocycles. The van der Waals surface area contributed by atoms with Gasteiger partial charge in [0.2, 0.25) is 0 Å². The lowest BCUT2D eigenvalue weighted by Gasteiger charge is -2.07. The van der Waals surface area contributed by atoms with Crippen molar-refractivity contribution in [1.29, 1.82) is 0 Å². The van der Waals surface area contributed by atoms with E-state index in [0.29, 0.717) is 0 Å². The fraction of sp³-hybridized carbons (Fsp3) is 0.118. The number of sulfonamides is 1. The van der Waals surface area contributed by atoms with Crippen molar-refractivity contribution in [3.63, 3.8) is 0 Å². The molecule has 0 saturated carbocycles. The molecule has 0 aliphatic rings. The smallest absolute Gasteiger partial charge is 0.469 e. The number of hydrogen-bond donors (Lipinski definition) is 1. The Kier molecular flexibility index (Phi) is 5.02. The second-order valence-corrected chi connectivity index (χ2v) is 7.14. The van der Waals surface area contributed by atoms with Crippen molar-refractivity contribution in [3.05, 3.63) is 60.2 Å². The first-order valence-corrected chi connectivity index (χ1v) is 9.10. The number of anilines is 1. The Balaban J connectivity index is 2.10. The summed E-state index contributed by atoms with van der Waals surface area (Å²) in [6.07, 6.45) is -4.98. The SMILES string of the molecule is COc1ccc(-c2oc(C(F)(F)F)nc2NS(=O)(=O)c2ccccc2)cc1F. The van der Waals surface area contributed by atoms with Gasteiger partial charge in [-0.15, -0.1) is 0 Å². The van der Waals surface area contributed by atoms with E-state index in [-0.39, 0.29) is 16.2 Å². The van der Waals surface area contributed by atoms with E-state index in [1.54, 1.807) is 6.07 Å². The maximum Gasteiger partial charge on any atom is 0.469 e. The average molecular weight is 416 g/mol. The number of oxazole rings is 1. The van der Waals surface area contributed by atoms with Crippen LogP contribution in [-0.4, -0.2) is 20.5 Å². The number of nitrogens with one attached hydrogen (secondary N) is 1. The van der Waals surface area contributed by atoms with Crippen molar-refractivity contribution in [2.75, 3.05) is 11.8 Å². The molecule has 0 spiro atoms. The number of methoxy groups -OCH3 is 1. The highest BCUT2D eigenvalue weighted by molar-refractivity contribution is 7.92. The zero-order chi connectivity index (χ0) is 20.5. The third kappa shape index (κ3) is 3.93. The van der Waals surface area contributed by atoms with Gasteiger partial charge in [-0.05, 0) is 30.3 Å². The molecule has 148 valence electrons. The number of benzene rings is 2. The first-order chi connectivity index (χ1) is 13.1. The van der Waals surface area contributed by atoms with Gasteiger partial charge in [0.1, 0.15) is 0 Å². The molecule has 1 aromatic heterocycles. The highest BCUT2D eigenvalue weighted by Crippen LogP contribution is 2.38. The Hall–Kier alpha value is -3.08. The molecule has 0 saturated heterocycles. The lowest BCUT2D eigenvalue weighted by atomic mass is 10.1. The van der Waals surface area contributed by atoms with Crippen LogP contribution in [0, 0.1) is 5.82 Å². The Labute approximate surface area is 156 Å². The normalized spacial score (nSPS) is 12.0. The summed E-state index contributed by atoms with van der Waals surface area (Å²) in [7, 11) is -3.04. The first-order valence-electron chi connectivity index (χ1n) is 7.61. The zero-order valence-electron chi connectivity index (χ0n) is 14.1. The van der Waals surface area contributed by atoms with Gasteiger partial charge in [0.05, 0.1) is 12.0 Å². The van der Waals surface area contributed by atoms with Gasteiger partial charge in [0.25, 0.3) is 10.0 Å². The molecule has 0 amide bonds. The molecule has 2 aromatic carbocycles. The standard InChI is InChI=1S/C17H12F4N2O4S/c1-26-13-8-7-10(9-12(13)18)14-15(22-16(27-14)17(19,20)21)23-28(24,25)11-5-3-2-4-6-11/h2-9,23H,1H3. The number of hydrogen-bond acceptors (Lipinski definition) is 5. The molecule has 3 rings (SSSR count). The van der Waals surface area contributed by atoms with Gasteiger partial charge in [-0.3, -0.25) is 4.72 Å². The largest absolute Gasteiger partial charge is 0.494 e. The fourth-order valence-electron chi connectivity index (χ4n) is 2.30. The maximum absolute atomic E-state index is 14.0. The molecule has 0 atom stereocenters. The first kappa shape index (κ1) is 19.7. The molecule has 0 unspecified atom stereocenters. The Morgan fingerprint density at radius 1 is 1.11 bits per heavy atom. The summed E-state index contributed by atoms with van der Waals surface area (Å²) in [5.41, 5.74) is -0.160. The van der Waals surface area contributed by atoms with E-state index in [9.17, 15) is 26.0 Å². The Bertz CT molecular complexity index is 1100. The molecule has 6 nitrogen and oxygen atoms in total.